The van der Waals surface area contributed by atoms with Gasteiger partial charge in [-0.3, -0.25) is 9.36 Å². The molecular weight excluding hydrogens is 480 g/mol. The first kappa shape index (κ1) is 25.2. The van der Waals surface area contributed by atoms with Crippen LogP contribution >= 0.6 is 0 Å². The summed E-state index contributed by atoms with van der Waals surface area (Å²) in [6.45, 7) is 0. The minimum atomic E-state index is -0.772. The number of phenols is 1. The van der Waals surface area contributed by atoms with E-state index in [4.69, 9.17) is 29.4 Å². The minimum absolute atomic E-state index is 0.0632. The molecule has 3 N–H and O–H groups in total. The number of rotatable bonds is 7. The van der Waals surface area contributed by atoms with Crippen molar-refractivity contribution < 1.29 is 33.6 Å². The van der Waals surface area contributed by atoms with E-state index in [9.17, 15) is 14.7 Å². The van der Waals surface area contributed by atoms with Gasteiger partial charge in [0, 0.05) is 22.3 Å². The van der Waals surface area contributed by atoms with Gasteiger partial charge in [-0.05, 0) is 54.1 Å². The van der Waals surface area contributed by atoms with Gasteiger partial charge in [-0.2, -0.15) is 0 Å². The van der Waals surface area contributed by atoms with E-state index in [1.807, 2.05) is 0 Å². The van der Waals surface area contributed by atoms with E-state index in [1.54, 1.807) is 36.4 Å². The van der Waals surface area contributed by atoms with Crippen LogP contribution in [0.4, 0.5) is 5.69 Å². The summed E-state index contributed by atoms with van der Waals surface area (Å²) in [6, 6.07) is 12.5. The van der Waals surface area contributed by atoms with Gasteiger partial charge in [0.1, 0.15) is 5.69 Å². The van der Waals surface area contributed by atoms with Gasteiger partial charge < -0.3 is 34.5 Å². The fraction of sp³-hybridized carbons (Fsp3) is 0.185. The first-order valence-corrected chi connectivity index (χ1v) is 11.0. The average molecular weight is 507 g/mol. The number of hydrogen-bond acceptors (Lipinski definition) is 9. The summed E-state index contributed by atoms with van der Waals surface area (Å²) >= 11 is 0. The molecule has 0 aliphatic heterocycles. The molecule has 0 spiro atoms. The van der Waals surface area contributed by atoms with Gasteiger partial charge in [0.05, 0.1) is 40.9 Å². The van der Waals surface area contributed by atoms with E-state index in [-0.39, 0.29) is 22.6 Å². The van der Waals surface area contributed by atoms with Crippen LogP contribution in [0.3, 0.4) is 0 Å². The first-order valence-electron chi connectivity index (χ1n) is 11.0. The Hall–Kier alpha value is -4.86. The number of nitrogen functional groups attached to an aromatic ring is 1. The van der Waals surface area contributed by atoms with Crippen molar-refractivity contribution >= 4 is 22.4 Å². The molecule has 10 heteroatoms. The molecule has 192 valence electrons. The molecule has 0 amide bonds. The molecule has 0 radical (unpaired) electrons. The number of aromatic nitrogens is 1. The van der Waals surface area contributed by atoms with Crippen molar-refractivity contribution in [3.63, 3.8) is 0 Å². The molecule has 0 saturated carbocycles. The van der Waals surface area contributed by atoms with Crippen molar-refractivity contribution in [3.8, 4) is 45.6 Å². The first-order chi connectivity index (χ1) is 17.8. The van der Waals surface area contributed by atoms with Crippen molar-refractivity contribution in [2.24, 2.45) is 0 Å². The highest BCUT2D eigenvalue weighted by molar-refractivity contribution is 6.08. The number of carbonyl (C=O) groups excluding carboxylic acids is 1. The van der Waals surface area contributed by atoms with Crippen LogP contribution < -0.4 is 30.2 Å². The number of pyridine rings is 1. The Kier molecular flexibility index (Phi) is 6.83. The third kappa shape index (κ3) is 4.22. The Morgan fingerprint density at radius 3 is 1.92 bits per heavy atom. The van der Waals surface area contributed by atoms with Crippen molar-refractivity contribution in [1.82, 2.24) is 4.57 Å². The van der Waals surface area contributed by atoms with Crippen molar-refractivity contribution in [3.05, 3.63) is 64.6 Å². The van der Waals surface area contributed by atoms with Gasteiger partial charge in [0.15, 0.2) is 23.0 Å². The highest BCUT2D eigenvalue weighted by atomic mass is 16.5. The third-order valence-electron chi connectivity index (χ3n) is 5.97. The molecule has 0 aliphatic carbocycles. The quantitative estimate of drug-likeness (QED) is 0.284. The average Bonchev–Trinajstić information content (AvgIpc) is 2.92. The molecule has 1 heterocycles. The second-order valence-corrected chi connectivity index (χ2v) is 7.93. The smallest absolute Gasteiger partial charge is 0.355 e. The Balaban J connectivity index is 2.29. The van der Waals surface area contributed by atoms with Crippen LogP contribution in [-0.4, -0.2) is 51.2 Å². The second-order valence-electron chi connectivity index (χ2n) is 7.93. The maximum absolute atomic E-state index is 13.8. The lowest BCUT2D eigenvalue weighted by atomic mass is 9.95. The molecule has 1 aromatic heterocycles. The zero-order chi connectivity index (χ0) is 26.9. The molecule has 0 saturated heterocycles. The fourth-order valence-corrected chi connectivity index (χ4v) is 4.25. The normalized spacial score (nSPS) is 10.7. The predicted octanol–water partition coefficient (Wildman–Crippen LogP) is 3.77. The van der Waals surface area contributed by atoms with E-state index in [2.05, 4.69) is 0 Å². The van der Waals surface area contributed by atoms with E-state index in [0.29, 0.717) is 45.1 Å². The highest BCUT2D eigenvalue weighted by Gasteiger charge is 2.28. The monoisotopic (exact) mass is 506 g/mol. The van der Waals surface area contributed by atoms with Gasteiger partial charge in [-0.15, -0.1) is 0 Å². The predicted molar refractivity (Wildman–Crippen MR) is 139 cm³/mol. The summed E-state index contributed by atoms with van der Waals surface area (Å²) < 4.78 is 28.2. The Morgan fingerprint density at radius 2 is 1.41 bits per heavy atom. The standard InChI is InChI=1S/C27H26N2O8/c1-33-20-13-17-18(12-19(20)30)26(31)29(16-8-6-15(28)7-9-16)24(27(32)37-5)23(17)14-10-21(34-2)25(36-4)22(11-14)35-3/h6-13,30H,28H2,1-5H3. The van der Waals surface area contributed by atoms with Crippen LogP contribution in [0, 0.1) is 0 Å². The molecule has 0 bridgehead atoms. The number of fused-ring (bicyclic) bond motifs is 1. The van der Waals surface area contributed by atoms with Crippen molar-refractivity contribution in [2.75, 3.05) is 41.3 Å². The Bertz CT molecular complexity index is 1530. The maximum Gasteiger partial charge on any atom is 0.355 e. The number of esters is 1. The molecular formula is C27H26N2O8. The SMILES string of the molecule is COC(=O)c1c(-c2cc(OC)c(OC)c(OC)c2)c2cc(OC)c(O)cc2c(=O)n1-c1ccc(N)cc1. The van der Waals surface area contributed by atoms with Crippen LogP contribution in [0.5, 0.6) is 28.7 Å². The Labute approximate surface area is 212 Å². The lowest BCUT2D eigenvalue weighted by Crippen LogP contribution is -2.27. The van der Waals surface area contributed by atoms with E-state index >= 15 is 0 Å². The number of anilines is 1. The van der Waals surface area contributed by atoms with Gasteiger partial charge in [0.2, 0.25) is 5.75 Å². The number of carbonyl (C=O) groups is 1. The molecule has 37 heavy (non-hydrogen) atoms. The number of hydrogen-bond donors (Lipinski definition) is 2. The van der Waals surface area contributed by atoms with Crippen LogP contribution in [0.25, 0.3) is 27.6 Å². The zero-order valence-corrected chi connectivity index (χ0v) is 20.9. The summed E-state index contributed by atoms with van der Waals surface area (Å²) in [7, 11) is 7.02. The second kappa shape index (κ2) is 10.0. The summed E-state index contributed by atoms with van der Waals surface area (Å²) in [5, 5.41) is 11.0. The van der Waals surface area contributed by atoms with Gasteiger partial charge in [0.25, 0.3) is 5.56 Å². The minimum Gasteiger partial charge on any atom is -0.504 e. The van der Waals surface area contributed by atoms with Gasteiger partial charge >= 0.3 is 5.97 Å². The zero-order valence-electron chi connectivity index (χ0n) is 20.9. The van der Waals surface area contributed by atoms with Crippen LogP contribution in [0.1, 0.15) is 10.5 Å². The third-order valence-corrected chi connectivity index (χ3v) is 5.97. The lowest BCUT2D eigenvalue weighted by Gasteiger charge is -2.21. The van der Waals surface area contributed by atoms with Crippen LogP contribution in [0.15, 0.2) is 53.3 Å². The maximum atomic E-state index is 13.8. The van der Waals surface area contributed by atoms with Crippen molar-refractivity contribution in [2.45, 2.75) is 0 Å². The van der Waals surface area contributed by atoms with Crippen LogP contribution in [-0.2, 0) is 4.74 Å². The molecule has 0 aliphatic rings. The van der Waals surface area contributed by atoms with E-state index < -0.39 is 11.5 Å². The molecule has 0 fully saturated rings. The molecule has 3 aromatic carbocycles. The number of benzene rings is 3. The van der Waals surface area contributed by atoms with Gasteiger partial charge in [-0.25, -0.2) is 4.79 Å². The fourth-order valence-electron chi connectivity index (χ4n) is 4.25. The van der Waals surface area contributed by atoms with E-state index in [0.717, 1.165) is 0 Å². The number of phenolic OH excluding ortho intramolecular Hbond substituents is 1. The molecule has 0 unspecified atom stereocenters. The van der Waals surface area contributed by atoms with Gasteiger partial charge in [-0.1, -0.05) is 0 Å². The summed E-state index contributed by atoms with van der Waals surface area (Å²) in [6.07, 6.45) is 0. The molecule has 4 aromatic rings. The lowest BCUT2D eigenvalue weighted by molar-refractivity contribution is 0.0591. The molecule has 4 rings (SSSR count). The largest absolute Gasteiger partial charge is 0.504 e. The Morgan fingerprint density at radius 1 is 0.811 bits per heavy atom. The highest BCUT2D eigenvalue weighted by Crippen LogP contribution is 2.45. The number of nitrogens with two attached hydrogens (primary N) is 1. The summed E-state index contributed by atoms with van der Waals surface area (Å²) in [5.41, 5.74) is 6.85. The molecule has 10 nitrogen and oxygen atoms in total. The van der Waals surface area contributed by atoms with Crippen molar-refractivity contribution in [1.29, 1.82) is 0 Å². The van der Waals surface area contributed by atoms with Crippen LogP contribution in [0.2, 0.25) is 0 Å². The summed E-state index contributed by atoms with van der Waals surface area (Å²) in [5.74, 6) is 0.110. The number of methoxy groups -OCH3 is 5. The van der Waals surface area contributed by atoms with E-state index in [1.165, 1.54) is 52.2 Å². The summed E-state index contributed by atoms with van der Waals surface area (Å²) in [4.78, 5) is 27.2. The molecule has 0 atom stereocenters. The number of ether oxygens (including phenoxy) is 5. The number of nitrogens with zero attached hydrogens (tertiary/aromatic N) is 1. The number of aromatic hydroxyl groups is 1. The topological polar surface area (TPSA) is 131 Å².